The predicted octanol–water partition coefficient (Wildman–Crippen LogP) is 3.29. The van der Waals surface area contributed by atoms with Gasteiger partial charge in [0.2, 0.25) is 0 Å². The molecule has 0 aliphatic carbocycles. The quantitative estimate of drug-likeness (QED) is 0.405. The Kier molecular flexibility index (Phi) is 4.15. The molecule has 3 aromatic rings. The van der Waals surface area contributed by atoms with Crippen molar-refractivity contribution in [2.24, 2.45) is 0 Å². The standard InChI is InChI=1S/C17H13NO6/c1-22-15-4-2-3-14-11(9-16(19)24-17(14)15)10-23-13-7-5-12(6-8-13)18(20)21/h2-9H,10H2,1H3. The molecule has 0 fully saturated rings. The molecule has 0 spiro atoms. The van der Waals surface area contributed by atoms with Crippen molar-refractivity contribution in [2.45, 2.75) is 6.61 Å². The molecule has 3 rings (SSSR count). The lowest BCUT2D eigenvalue weighted by molar-refractivity contribution is -0.384. The van der Waals surface area contributed by atoms with Crippen molar-refractivity contribution in [1.82, 2.24) is 0 Å². The van der Waals surface area contributed by atoms with Crippen LogP contribution in [0.25, 0.3) is 11.0 Å². The molecule has 0 aliphatic rings. The Morgan fingerprint density at radius 1 is 1.17 bits per heavy atom. The number of benzene rings is 2. The predicted molar refractivity (Wildman–Crippen MR) is 86.5 cm³/mol. The average molecular weight is 327 g/mol. The van der Waals surface area contributed by atoms with Gasteiger partial charge in [-0.2, -0.15) is 0 Å². The SMILES string of the molecule is COc1cccc2c(COc3ccc([N+](=O)[O-])cc3)cc(=O)oc12. The van der Waals surface area contributed by atoms with Crippen molar-refractivity contribution in [1.29, 1.82) is 0 Å². The first-order valence-electron chi connectivity index (χ1n) is 7.05. The van der Waals surface area contributed by atoms with E-state index in [9.17, 15) is 14.9 Å². The topological polar surface area (TPSA) is 91.8 Å². The molecule has 0 aliphatic heterocycles. The molecular formula is C17H13NO6. The van der Waals surface area contributed by atoms with Gasteiger partial charge >= 0.3 is 5.63 Å². The Bertz CT molecular complexity index is 945. The number of para-hydroxylation sites is 1. The molecule has 1 heterocycles. The van der Waals surface area contributed by atoms with Crippen LogP contribution in [0.4, 0.5) is 5.69 Å². The van der Waals surface area contributed by atoms with E-state index in [1.54, 1.807) is 18.2 Å². The van der Waals surface area contributed by atoms with Gasteiger partial charge in [-0.3, -0.25) is 10.1 Å². The Morgan fingerprint density at radius 3 is 2.58 bits per heavy atom. The Morgan fingerprint density at radius 2 is 1.92 bits per heavy atom. The number of nitro benzene ring substituents is 1. The van der Waals surface area contributed by atoms with Gasteiger partial charge in [0.1, 0.15) is 12.4 Å². The first kappa shape index (κ1) is 15.5. The maximum Gasteiger partial charge on any atom is 0.336 e. The van der Waals surface area contributed by atoms with Crippen LogP contribution in [0.3, 0.4) is 0 Å². The van der Waals surface area contributed by atoms with Crippen LogP contribution < -0.4 is 15.1 Å². The minimum atomic E-state index is -0.505. The van der Waals surface area contributed by atoms with Gasteiger partial charge < -0.3 is 13.9 Å². The largest absolute Gasteiger partial charge is 0.493 e. The fraction of sp³-hybridized carbons (Fsp3) is 0.118. The second kappa shape index (κ2) is 6.41. The fourth-order valence-electron chi connectivity index (χ4n) is 2.33. The smallest absolute Gasteiger partial charge is 0.336 e. The molecule has 7 nitrogen and oxygen atoms in total. The summed E-state index contributed by atoms with van der Waals surface area (Å²) in [6.45, 7) is 0.118. The third-order valence-electron chi connectivity index (χ3n) is 3.48. The van der Waals surface area contributed by atoms with Crippen LogP contribution in [0.1, 0.15) is 5.56 Å². The normalized spacial score (nSPS) is 10.5. The van der Waals surface area contributed by atoms with Gasteiger partial charge in [-0.1, -0.05) is 12.1 Å². The molecule has 0 bridgehead atoms. The summed E-state index contributed by atoms with van der Waals surface area (Å²) >= 11 is 0. The maximum atomic E-state index is 11.8. The third-order valence-corrected chi connectivity index (χ3v) is 3.48. The molecule has 0 saturated carbocycles. The van der Waals surface area contributed by atoms with E-state index in [4.69, 9.17) is 13.9 Å². The average Bonchev–Trinajstić information content (AvgIpc) is 2.59. The molecular weight excluding hydrogens is 314 g/mol. The van der Waals surface area contributed by atoms with Gasteiger partial charge in [0.15, 0.2) is 11.3 Å². The van der Waals surface area contributed by atoms with Crippen LogP contribution in [0.5, 0.6) is 11.5 Å². The monoisotopic (exact) mass is 327 g/mol. The number of methoxy groups -OCH3 is 1. The molecule has 122 valence electrons. The lowest BCUT2D eigenvalue weighted by Gasteiger charge is -2.09. The van der Waals surface area contributed by atoms with Crippen LogP contribution in [0, 0.1) is 10.1 Å². The number of nitro groups is 1. The third kappa shape index (κ3) is 3.05. The number of fused-ring (bicyclic) bond motifs is 1. The summed E-state index contributed by atoms with van der Waals surface area (Å²) in [5.74, 6) is 0.923. The van der Waals surface area contributed by atoms with Crippen molar-refractivity contribution >= 4 is 16.7 Å². The highest BCUT2D eigenvalue weighted by Crippen LogP contribution is 2.27. The number of hydrogen-bond acceptors (Lipinski definition) is 6. The van der Waals surface area contributed by atoms with Crippen molar-refractivity contribution in [3.63, 3.8) is 0 Å². The van der Waals surface area contributed by atoms with Gasteiger partial charge in [-0.15, -0.1) is 0 Å². The molecule has 0 amide bonds. The minimum Gasteiger partial charge on any atom is -0.493 e. The zero-order chi connectivity index (χ0) is 17.1. The summed E-state index contributed by atoms with van der Waals surface area (Å²) < 4.78 is 16.0. The van der Waals surface area contributed by atoms with Crippen molar-refractivity contribution in [3.8, 4) is 11.5 Å². The molecule has 0 atom stereocenters. The number of rotatable bonds is 5. The van der Waals surface area contributed by atoms with Gasteiger partial charge in [0.05, 0.1) is 12.0 Å². The van der Waals surface area contributed by atoms with Crippen LogP contribution in [0.2, 0.25) is 0 Å². The summed E-state index contributed by atoms with van der Waals surface area (Å²) in [5, 5.41) is 11.3. The summed E-state index contributed by atoms with van der Waals surface area (Å²) in [5.41, 5.74) is 0.473. The highest BCUT2D eigenvalue weighted by atomic mass is 16.6. The lowest BCUT2D eigenvalue weighted by atomic mass is 10.1. The van der Waals surface area contributed by atoms with E-state index < -0.39 is 10.5 Å². The van der Waals surface area contributed by atoms with E-state index >= 15 is 0 Å². The minimum absolute atomic E-state index is 0.0158. The first-order chi connectivity index (χ1) is 11.6. The second-order valence-electron chi connectivity index (χ2n) is 4.97. The molecule has 24 heavy (non-hydrogen) atoms. The molecule has 1 aromatic heterocycles. The molecule has 0 saturated heterocycles. The van der Waals surface area contributed by atoms with E-state index in [-0.39, 0.29) is 12.3 Å². The zero-order valence-corrected chi connectivity index (χ0v) is 12.7. The van der Waals surface area contributed by atoms with E-state index in [2.05, 4.69) is 0 Å². The molecule has 0 unspecified atom stereocenters. The molecule has 2 aromatic carbocycles. The molecule has 7 heteroatoms. The van der Waals surface area contributed by atoms with Crippen molar-refractivity contribution < 1.29 is 18.8 Å². The summed E-state index contributed by atoms with van der Waals surface area (Å²) in [7, 11) is 1.49. The number of nitrogens with zero attached hydrogens (tertiary/aromatic N) is 1. The Balaban J connectivity index is 1.90. The van der Waals surface area contributed by atoms with E-state index in [0.29, 0.717) is 28.0 Å². The maximum absolute atomic E-state index is 11.8. The highest BCUT2D eigenvalue weighted by Gasteiger charge is 2.11. The van der Waals surface area contributed by atoms with Gasteiger partial charge in [-0.05, 0) is 18.2 Å². The summed E-state index contributed by atoms with van der Waals surface area (Å²) in [4.78, 5) is 21.9. The van der Waals surface area contributed by atoms with E-state index in [0.717, 1.165) is 0 Å². The van der Waals surface area contributed by atoms with Crippen LogP contribution in [-0.2, 0) is 6.61 Å². The van der Waals surface area contributed by atoms with Gasteiger partial charge in [0, 0.05) is 29.1 Å². The van der Waals surface area contributed by atoms with Crippen molar-refractivity contribution in [3.05, 3.63) is 74.6 Å². The van der Waals surface area contributed by atoms with E-state index in [1.165, 1.54) is 37.4 Å². The van der Waals surface area contributed by atoms with Crippen LogP contribution in [-0.4, -0.2) is 12.0 Å². The Labute approximate surface area is 136 Å². The van der Waals surface area contributed by atoms with Crippen LogP contribution >= 0.6 is 0 Å². The van der Waals surface area contributed by atoms with Crippen molar-refractivity contribution in [2.75, 3.05) is 7.11 Å². The first-order valence-corrected chi connectivity index (χ1v) is 7.05. The second-order valence-corrected chi connectivity index (χ2v) is 4.97. The number of hydrogen-bond donors (Lipinski definition) is 0. The van der Waals surface area contributed by atoms with Gasteiger partial charge in [0.25, 0.3) is 5.69 Å². The van der Waals surface area contributed by atoms with Crippen LogP contribution in [0.15, 0.2) is 57.7 Å². The van der Waals surface area contributed by atoms with Gasteiger partial charge in [-0.25, -0.2) is 4.79 Å². The number of ether oxygens (including phenoxy) is 2. The molecule has 0 N–H and O–H groups in total. The summed E-state index contributed by atoms with van der Waals surface area (Å²) in [6.07, 6.45) is 0. The fourth-order valence-corrected chi connectivity index (χ4v) is 2.33. The number of non-ortho nitro benzene ring substituents is 1. The molecule has 0 radical (unpaired) electrons. The summed E-state index contributed by atoms with van der Waals surface area (Å²) in [6, 6.07) is 12.4. The highest BCUT2D eigenvalue weighted by molar-refractivity contribution is 5.85. The zero-order valence-electron chi connectivity index (χ0n) is 12.7. The Hall–Kier alpha value is -3.35. The van der Waals surface area contributed by atoms with E-state index in [1.807, 2.05) is 0 Å². The lowest BCUT2D eigenvalue weighted by Crippen LogP contribution is -2.04.